The zero-order valence-corrected chi connectivity index (χ0v) is 16.9. The fourth-order valence-electron chi connectivity index (χ4n) is 2.58. The van der Waals surface area contributed by atoms with E-state index in [0.29, 0.717) is 46.9 Å². The van der Waals surface area contributed by atoms with Crippen molar-refractivity contribution in [3.8, 4) is 5.75 Å². The van der Waals surface area contributed by atoms with Gasteiger partial charge in [-0.15, -0.1) is 0 Å². The average Bonchev–Trinajstić information content (AvgIpc) is 2.69. The molecule has 146 valence electrons. The van der Waals surface area contributed by atoms with Crippen LogP contribution in [-0.4, -0.2) is 43.1 Å². The van der Waals surface area contributed by atoms with E-state index in [4.69, 9.17) is 44.3 Å². The topological polar surface area (TPSA) is 55.8 Å². The number of halogens is 3. The van der Waals surface area contributed by atoms with Crippen LogP contribution in [0.25, 0.3) is 6.08 Å². The van der Waals surface area contributed by atoms with Gasteiger partial charge < -0.3 is 14.4 Å². The second kappa shape index (κ2) is 9.43. The van der Waals surface area contributed by atoms with Crippen LogP contribution in [0.15, 0.2) is 42.5 Å². The quantitative estimate of drug-likeness (QED) is 0.473. The first-order valence-electron chi connectivity index (χ1n) is 8.45. The van der Waals surface area contributed by atoms with E-state index < -0.39 is 6.09 Å². The third-order valence-corrected chi connectivity index (χ3v) is 4.85. The Bertz CT molecular complexity index is 924. The molecule has 1 aliphatic rings. The van der Waals surface area contributed by atoms with Crippen molar-refractivity contribution in [1.82, 2.24) is 4.90 Å². The molecule has 0 atom stereocenters. The van der Waals surface area contributed by atoms with Crippen LogP contribution < -0.4 is 4.74 Å². The van der Waals surface area contributed by atoms with Gasteiger partial charge in [0.15, 0.2) is 5.78 Å². The summed E-state index contributed by atoms with van der Waals surface area (Å²) in [6, 6.07) is 9.47. The maximum Gasteiger partial charge on any atom is 0.415 e. The van der Waals surface area contributed by atoms with Gasteiger partial charge in [0.1, 0.15) is 5.75 Å². The van der Waals surface area contributed by atoms with Crippen molar-refractivity contribution in [1.29, 1.82) is 0 Å². The molecule has 0 aliphatic carbocycles. The predicted octanol–water partition coefficient (Wildman–Crippen LogP) is 5.37. The smallest absolute Gasteiger partial charge is 0.409 e. The number of benzene rings is 2. The van der Waals surface area contributed by atoms with Crippen molar-refractivity contribution >= 4 is 52.8 Å². The number of carbonyl (C=O) groups excluding carboxylic acids is 2. The van der Waals surface area contributed by atoms with Crippen molar-refractivity contribution in [2.45, 2.75) is 0 Å². The molecule has 1 heterocycles. The van der Waals surface area contributed by atoms with Gasteiger partial charge in [0.05, 0.1) is 18.8 Å². The summed E-state index contributed by atoms with van der Waals surface area (Å²) in [6.07, 6.45) is 2.37. The van der Waals surface area contributed by atoms with Gasteiger partial charge in [0.25, 0.3) is 0 Å². The molecule has 1 amide bonds. The lowest BCUT2D eigenvalue weighted by atomic mass is 10.1. The summed E-state index contributed by atoms with van der Waals surface area (Å²) in [5.41, 5.74) is 0.809. The number of morpholine rings is 1. The molecule has 28 heavy (non-hydrogen) atoms. The lowest BCUT2D eigenvalue weighted by Gasteiger charge is -2.26. The van der Waals surface area contributed by atoms with Crippen LogP contribution in [0.3, 0.4) is 0 Å². The standard InChI is InChI=1S/C20H16Cl3NO4/c21-14-4-6-19(28-20(26)24-7-9-27-10-8-24)16(11-14)18(25)5-2-13-1-3-15(22)12-17(13)23/h1-6,11-12H,7-10H2/b5-2+. The highest BCUT2D eigenvalue weighted by molar-refractivity contribution is 6.35. The van der Waals surface area contributed by atoms with Gasteiger partial charge >= 0.3 is 6.09 Å². The summed E-state index contributed by atoms with van der Waals surface area (Å²) in [6.45, 7) is 1.77. The molecule has 0 saturated carbocycles. The first kappa shape index (κ1) is 20.7. The summed E-state index contributed by atoms with van der Waals surface area (Å²) < 4.78 is 10.6. The minimum atomic E-state index is -0.538. The number of nitrogens with zero attached hydrogens (tertiary/aromatic N) is 1. The van der Waals surface area contributed by atoms with Crippen LogP contribution in [0.2, 0.25) is 15.1 Å². The van der Waals surface area contributed by atoms with E-state index in [2.05, 4.69) is 0 Å². The lowest BCUT2D eigenvalue weighted by Crippen LogP contribution is -2.42. The van der Waals surface area contributed by atoms with E-state index in [1.165, 1.54) is 23.1 Å². The third-order valence-electron chi connectivity index (χ3n) is 4.05. The molecule has 0 N–H and O–H groups in total. The van der Waals surface area contributed by atoms with Crippen LogP contribution in [-0.2, 0) is 4.74 Å². The first-order chi connectivity index (χ1) is 13.4. The van der Waals surface area contributed by atoms with Gasteiger partial charge in [-0.05, 0) is 48.0 Å². The van der Waals surface area contributed by atoms with E-state index in [-0.39, 0.29) is 17.1 Å². The van der Waals surface area contributed by atoms with Crippen LogP contribution in [0.5, 0.6) is 5.75 Å². The fraction of sp³-hybridized carbons (Fsp3) is 0.200. The van der Waals surface area contributed by atoms with E-state index >= 15 is 0 Å². The molecule has 0 aromatic heterocycles. The van der Waals surface area contributed by atoms with E-state index in [1.54, 1.807) is 30.3 Å². The third kappa shape index (κ3) is 5.26. The molecular weight excluding hydrogens is 425 g/mol. The minimum Gasteiger partial charge on any atom is -0.409 e. The highest BCUT2D eigenvalue weighted by Crippen LogP contribution is 2.26. The first-order valence-corrected chi connectivity index (χ1v) is 9.59. The predicted molar refractivity (Wildman–Crippen MR) is 110 cm³/mol. The Morgan fingerprint density at radius 1 is 1.00 bits per heavy atom. The van der Waals surface area contributed by atoms with E-state index in [1.807, 2.05) is 0 Å². The fourth-order valence-corrected chi connectivity index (χ4v) is 3.22. The summed E-state index contributed by atoms with van der Waals surface area (Å²) in [4.78, 5) is 26.6. The number of allylic oxidation sites excluding steroid dienone is 1. The molecule has 3 rings (SSSR count). The second-order valence-corrected chi connectivity index (χ2v) is 7.25. The van der Waals surface area contributed by atoms with Gasteiger partial charge in [-0.1, -0.05) is 40.9 Å². The van der Waals surface area contributed by atoms with E-state index in [9.17, 15) is 9.59 Å². The van der Waals surface area contributed by atoms with Crippen LogP contribution in [0.4, 0.5) is 4.79 Å². The number of ketones is 1. The number of hydrogen-bond donors (Lipinski definition) is 0. The summed E-state index contributed by atoms with van der Waals surface area (Å²) >= 11 is 18.0. The molecule has 8 heteroatoms. The molecule has 1 fully saturated rings. The maximum absolute atomic E-state index is 12.7. The van der Waals surface area contributed by atoms with E-state index in [0.717, 1.165) is 0 Å². The van der Waals surface area contributed by atoms with Crippen LogP contribution in [0, 0.1) is 0 Å². The summed E-state index contributed by atoms with van der Waals surface area (Å²) in [5, 5.41) is 1.27. The molecular formula is C20H16Cl3NO4. The largest absolute Gasteiger partial charge is 0.415 e. The summed E-state index contributed by atoms with van der Waals surface area (Å²) in [5.74, 6) is -0.240. The molecule has 0 bridgehead atoms. The molecule has 5 nitrogen and oxygen atoms in total. The monoisotopic (exact) mass is 439 g/mol. The number of hydrogen-bond acceptors (Lipinski definition) is 4. The number of amides is 1. The maximum atomic E-state index is 12.7. The van der Waals surface area contributed by atoms with Crippen LogP contribution in [0.1, 0.15) is 15.9 Å². The Morgan fingerprint density at radius 2 is 1.68 bits per heavy atom. The zero-order valence-electron chi connectivity index (χ0n) is 14.7. The average molecular weight is 441 g/mol. The number of carbonyl (C=O) groups is 2. The SMILES string of the molecule is O=C(/C=C/c1ccc(Cl)cc1Cl)c1cc(Cl)ccc1OC(=O)N1CCOCC1. The minimum absolute atomic E-state index is 0.137. The Balaban J connectivity index is 1.80. The zero-order chi connectivity index (χ0) is 20.1. The number of rotatable bonds is 4. The number of ether oxygens (including phenoxy) is 2. The molecule has 1 aliphatic heterocycles. The van der Waals surface area contributed by atoms with Gasteiger partial charge in [-0.2, -0.15) is 0 Å². The molecule has 0 radical (unpaired) electrons. The second-order valence-electron chi connectivity index (χ2n) is 5.97. The molecule has 0 unspecified atom stereocenters. The molecule has 0 spiro atoms. The summed E-state index contributed by atoms with van der Waals surface area (Å²) in [7, 11) is 0. The normalized spacial score (nSPS) is 14.3. The Kier molecular flexibility index (Phi) is 6.97. The Hall–Kier alpha value is -2.05. The molecule has 2 aromatic carbocycles. The Morgan fingerprint density at radius 3 is 2.39 bits per heavy atom. The van der Waals surface area contributed by atoms with Gasteiger partial charge in [0.2, 0.25) is 0 Å². The van der Waals surface area contributed by atoms with Gasteiger partial charge in [-0.25, -0.2) is 4.79 Å². The van der Waals surface area contributed by atoms with Crippen molar-refractivity contribution in [3.63, 3.8) is 0 Å². The van der Waals surface area contributed by atoms with Gasteiger partial charge in [-0.3, -0.25) is 4.79 Å². The van der Waals surface area contributed by atoms with Crippen molar-refractivity contribution in [2.75, 3.05) is 26.3 Å². The van der Waals surface area contributed by atoms with Crippen LogP contribution >= 0.6 is 34.8 Å². The highest BCUT2D eigenvalue weighted by Gasteiger charge is 2.21. The highest BCUT2D eigenvalue weighted by atomic mass is 35.5. The molecule has 1 saturated heterocycles. The Labute approximate surface area is 177 Å². The van der Waals surface area contributed by atoms with Crippen molar-refractivity contribution in [2.24, 2.45) is 0 Å². The van der Waals surface area contributed by atoms with Gasteiger partial charge in [0, 0.05) is 28.2 Å². The van der Waals surface area contributed by atoms with Crippen molar-refractivity contribution in [3.05, 3.63) is 68.7 Å². The lowest BCUT2D eigenvalue weighted by molar-refractivity contribution is 0.0415. The molecule has 2 aromatic rings. The van der Waals surface area contributed by atoms with Crippen molar-refractivity contribution < 1.29 is 19.1 Å².